The Morgan fingerprint density at radius 1 is 1.29 bits per heavy atom. The molecule has 0 amide bonds. The van der Waals surface area contributed by atoms with Crippen molar-refractivity contribution < 1.29 is 17.6 Å². The molecule has 2 N–H and O–H groups in total. The first kappa shape index (κ1) is 11.3. The van der Waals surface area contributed by atoms with Crippen LogP contribution >= 0.6 is 15.9 Å². The molecule has 0 spiro atoms. The standard InChI is InChI=1S/C8H6BrF4N/c9-3-5-6(8(11,12)13)1-4(14)2-7(5)10/h1-2H,3,14H2. The molecule has 1 aromatic rings. The minimum absolute atomic E-state index is 0.200. The third-order valence-corrected chi connectivity index (χ3v) is 2.22. The molecule has 78 valence electrons. The molecule has 0 saturated carbocycles. The summed E-state index contributed by atoms with van der Waals surface area (Å²) < 4.78 is 50.1. The van der Waals surface area contributed by atoms with E-state index >= 15 is 0 Å². The molecule has 14 heavy (non-hydrogen) atoms. The highest BCUT2D eigenvalue weighted by Gasteiger charge is 2.34. The molecule has 0 aliphatic heterocycles. The van der Waals surface area contributed by atoms with Gasteiger partial charge in [0.2, 0.25) is 0 Å². The van der Waals surface area contributed by atoms with Crippen LogP contribution in [0, 0.1) is 5.82 Å². The number of anilines is 1. The SMILES string of the molecule is Nc1cc(F)c(CBr)c(C(F)(F)F)c1. The summed E-state index contributed by atoms with van der Waals surface area (Å²) in [7, 11) is 0. The summed E-state index contributed by atoms with van der Waals surface area (Å²) >= 11 is 2.80. The maximum atomic E-state index is 13.0. The van der Waals surface area contributed by atoms with Crippen LogP contribution in [0.15, 0.2) is 12.1 Å². The van der Waals surface area contributed by atoms with Crippen LogP contribution in [0.4, 0.5) is 23.2 Å². The van der Waals surface area contributed by atoms with Gasteiger partial charge in [0.05, 0.1) is 5.56 Å². The van der Waals surface area contributed by atoms with Gasteiger partial charge in [-0.3, -0.25) is 0 Å². The average Bonchev–Trinajstić information content (AvgIpc) is 2.01. The lowest BCUT2D eigenvalue weighted by Gasteiger charge is -2.12. The molecule has 1 rings (SSSR count). The summed E-state index contributed by atoms with van der Waals surface area (Å²) in [5, 5.41) is -0.200. The quantitative estimate of drug-likeness (QED) is 0.473. The minimum atomic E-state index is -4.58. The van der Waals surface area contributed by atoms with Gasteiger partial charge >= 0.3 is 6.18 Å². The van der Waals surface area contributed by atoms with Gasteiger partial charge in [0, 0.05) is 16.6 Å². The van der Waals surface area contributed by atoms with E-state index in [-0.39, 0.29) is 11.0 Å². The van der Waals surface area contributed by atoms with Gasteiger partial charge in [0.15, 0.2) is 0 Å². The Labute approximate surface area is 86.0 Å². The first-order valence-electron chi connectivity index (χ1n) is 3.57. The largest absolute Gasteiger partial charge is 0.416 e. The highest BCUT2D eigenvalue weighted by molar-refractivity contribution is 9.08. The molecule has 0 saturated heterocycles. The molecular weight excluding hydrogens is 266 g/mol. The van der Waals surface area contributed by atoms with Crippen molar-refractivity contribution in [2.45, 2.75) is 11.5 Å². The summed E-state index contributed by atoms with van der Waals surface area (Å²) in [5.74, 6) is -0.950. The topological polar surface area (TPSA) is 26.0 Å². The van der Waals surface area contributed by atoms with Crippen LogP contribution in [-0.2, 0) is 11.5 Å². The van der Waals surface area contributed by atoms with Gasteiger partial charge in [-0.25, -0.2) is 4.39 Å². The van der Waals surface area contributed by atoms with Gasteiger partial charge in [0.25, 0.3) is 0 Å². The lowest BCUT2D eigenvalue weighted by atomic mass is 10.1. The second-order valence-corrected chi connectivity index (χ2v) is 3.22. The second kappa shape index (κ2) is 3.76. The molecule has 0 bridgehead atoms. The maximum Gasteiger partial charge on any atom is 0.416 e. The number of halogens is 5. The minimum Gasteiger partial charge on any atom is -0.399 e. The van der Waals surface area contributed by atoms with E-state index in [9.17, 15) is 17.6 Å². The molecular formula is C8H6BrF4N. The van der Waals surface area contributed by atoms with E-state index in [2.05, 4.69) is 15.9 Å². The molecule has 6 heteroatoms. The first-order valence-corrected chi connectivity index (χ1v) is 4.69. The van der Waals surface area contributed by atoms with Crippen molar-refractivity contribution in [1.29, 1.82) is 0 Å². The predicted octanol–water partition coefficient (Wildman–Crippen LogP) is 3.32. The Hall–Kier alpha value is -0.780. The number of alkyl halides is 4. The van der Waals surface area contributed by atoms with Gasteiger partial charge in [0.1, 0.15) is 5.82 Å². The predicted molar refractivity (Wildman–Crippen MR) is 48.4 cm³/mol. The van der Waals surface area contributed by atoms with E-state index in [1.165, 1.54) is 0 Å². The fourth-order valence-electron chi connectivity index (χ4n) is 1.05. The lowest BCUT2D eigenvalue weighted by Crippen LogP contribution is -2.11. The van der Waals surface area contributed by atoms with Crippen LogP contribution in [-0.4, -0.2) is 0 Å². The molecule has 0 aromatic heterocycles. The summed E-state index contributed by atoms with van der Waals surface area (Å²) in [6.45, 7) is 0. The summed E-state index contributed by atoms with van der Waals surface area (Å²) in [6, 6.07) is 1.59. The zero-order valence-electron chi connectivity index (χ0n) is 6.83. The fraction of sp³-hybridized carbons (Fsp3) is 0.250. The average molecular weight is 272 g/mol. The third-order valence-electron chi connectivity index (χ3n) is 1.66. The molecule has 0 unspecified atom stereocenters. The molecule has 0 heterocycles. The van der Waals surface area contributed by atoms with Gasteiger partial charge in [-0.15, -0.1) is 0 Å². The van der Waals surface area contributed by atoms with Crippen LogP contribution in [0.25, 0.3) is 0 Å². The van der Waals surface area contributed by atoms with Gasteiger partial charge in [-0.2, -0.15) is 13.2 Å². The smallest absolute Gasteiger partial charge is 0.399 e. The van der Waals surface area contributed by atoms with Crippen molar-refractivity contribution >= 4 is 21.6 Å². The van der Waals surface area contributed by atoms with Crippen molar-refractivity contribution in [3.05, 3.63) is 29.1 Å². The van der Waals surface area contributed by atoms with Crippen molar-refractivity contribution in [3.63, 3.8) is 0 Å². The summed E-state index contributed by atoms with van der Waals surface area (Å²) in [4.78, 5) is 0. The van der Waals surface area contributed by atoms with Crippen LogP contribution in [0.1, 0.15) is 11.1 Å². The normalized spacial score (nSPS) is 11.8. The Morgan fingerprint density at radius 3 is 2.29 bits per heavy atom. The van der Waals surface area contributed by atoms with Crippen LogP contribution < -0.4 is 5.73 Å². The Kier molecular flexibility index (Phi) is 3.04. The van der Waals surface area contributed by atoms with Gasteiger partial charge < -0.3 is 5.73 Å². The van der Waals surface area contributed by atoms with Crippen molar-refractivity contribution in [3.8, 4) is 0 Å². The molecule has 0 aliphatic rings. The van der Waals surface area contributed by atoms with Gasteiger partial charge in [-0.1, -0.05) is 15.9 Å². The maximum absolute atomic E-state index is 13.0. The Bertz CT molecular complexity index is 348. The first-order chi connectivity index (χ1) is 6.36. The number of nitrogens with two attached hydrogens (primary N) is 1. The van der Waals surface area contributed by atoms with E-state index in [0.717, 1.165) is 12.1 Å². The number of rotatable bonds is 1. The molecule has 0 atom stereocenters. The monoisotopic (exact) mass is 271 g/mol. The summed E-state index contributed by atoms with van der Waals surface area (Å²) in [6.07, 6.45) is -4.58. The highest BCUT2D eigenvalue weighted by Crippen LogP contribution is 2.35. The van der Waals surface area contributed by atoms with Crippen molar-refractivity contribution in [2.24, 2.45) is 0 Å². The Morgan fingerprint density at radius 2 is 1.86 bits per heavy atom. The van der Waals surface area contributed by atoms with E-state index in [1.807, 2.05) is 0 Å². The summed E-state index contributed by atoms with van der Waals surface area (Å²) in [5.41, 5.74) is 3.43. The van der Waals surface area contributed by atoms with E-state index in [4.69, 9.17) is 5.73 Å². The van der Waals surface area contributed by atoms with Crippen molar-refractivity contribution in [2.75, 3.05) is 5.73 Å². The van der Waals surface area contributed by atoms with Crippen LogP contribution in [0.3, 0.4) is 0 Å². The Balaban J connectivity index is 3.40. The van der Waals surface area contributed by atoms with E-state index < -0.39 is 23.1 Å². The molecule has 1 aromatic carbocycles. The van der Waals surface area contributed by atoms with Crippen LogP contribution in [0.2, 0.25) is 0 Å². The second-order valence-electron chi connectivity index (χ2n) is 2.66. The number of nitrogen functional groups attached to an aromatic ring is 1. The van der Waals surface area contributed by atoms with Crippen molar-refractivity contribution in [1.82, 2.24) is 0 Å². The van der Waals surface area contributed by atoms with E-state index in [1.54, 1.807) is 0 Å². The zero-order valence-corrected chi connectivity index (χ0v) is 8.41. The fourth-order valence-corrected chi connectivity index (χ4v) is 1.62. The van der Waals surface area contributed by atoms with E-state index in [0.29, 0.717) is 0 Å². The molecule has 0 radical (unpaired) electrons. The number of hydrogen-bond acceptors (Lipinski definition) is 1. The molecule has 0 fully saturated rings. The number of hydrogen-bond donors (Lipinski definition) is 1. The molecule has 0 aliphatic carbocycles. The molecule has 1 nitrogen and oxygen atoms in total. The third kappa shape index (κ3) is 2.17. The number of benzene rings is 1. The van der Waals surface area contributed by atoms with Gasteiger partial charge in [-0.05, 0) is 12.1 Å². The lowest BCUT2D eigenvalue weighted by molar-refractivity contribution is -0.138. The highest BCUT2D eigenvalue weighted by atomic mass is 79.9. The van der Waals surface area contributed by atoms with Crippen LogP contribution in [0.5, 0.6) is 0 Å². The zero-order chi connectivity index (χ0) is 10.9.